The minimum Gasteiger partial charge on any atom is -0.306 e. The van der Waals surface area contributed by atoms with E-state index >= 15 is 0 Å². The zero-order chi connectivity index (χ0) is 20.8. The lowest BCUT2D eigenvalue weighted by molar-refractivity contribution is -0.380. The standard InChI is InChI=1S/C20H17N5O3S2/c1-11-8-17(22-19(26)15-6-7-18(29-15)25(27)28)24(23-11)20-21-14-9-12-4-2-3-5-13(12)10-16(14)30-20/h6-10H,2-5H2,1H3,(H,22,26). The molecule has 0 unspecified atom stereocenters. The minimum atomic E-state index is -0.503. The molecule has 0 saturated heterocycles. The molecule has 4 aromatic rings. The van der Waals surface area contributed by atoms with Crippen LogP contribution in [0, 0.1) is 17.0 Å². The Bertz CT molecular complexity index is 1260. The molecule has 1 aromatic carbocycles. The number of amides is 1. The van der Waals surface area contributed by atoms with E-state index in [1.54, 1.807) is 10.7 Å². The Morgan fingerprint density at radius 2 is 1.93 bits per heavy atom. The number of hydrogen-bond acceptors (Lipinski definition) is 7. The lowest BCUT2D eigenvalue weighted by atomic mass is 9.92. The van der Waals surface area contributed by atoms with Crippen LogP contribution < -0.4 is 5.32 Å². The number of rotatable bonds is 4. The number of nitrogens with zero attached hydrogens (tertiary/aromatic N) is 4. The third-order valence-corrected chi connectivity index (χ3v) is 7.12. The number of carbonyl (C=O) groups excluding carboxylic acids is 1. The molecule has 1 amide bonds. The van der Waals surface area contributed by atoms with Gasteiger partial charge in [0.2, 0.25) is 5.13 Å². The van der Waals surface area contributed by atoms with Gasteiger partial charge in [0, 0.05) is 12.1 Å². The fourth-order valence-electron chi connectivity index (χ4n) is 3.69. The van der Waals surface area contributed by atoms with Crippen LogP contribution in [0.5, 0.6) is 0 Å². The predicted molar refractivity (Wildman–Crippen MR) is 117 cm³/mol. The lowest BCUT2D eigenvalue weighted by Crippen LogP contribution is -2.13. The van der Waals surface area contributed by atoms with Crippen LogP contribution in [-0.2, 0) is 12.8 Å². The number of hydrogen-bond donors (Lipinski definition) is 1. The Morgan fingerprint density at radius 3 is 2.67 bits per heavy atom. The third kappa shape index (κ3) is 3.37. The molecule has 1 N–H and O–H groups in total. The average molecular weight is 440 g/mol. The van der Waals surface area contributed by atoms with Gasteiger partial charge < -0.3 is 5.32 Å². The Kier molecular flexibility index (Phi) is 4.59. The Labute approximate surface area is 179 Å². The van der Waals surface area contributed by atoms with Gasteiger partial charge in [0.15, 0.2) is 0 Å². The molecule has 0 spiro atoms. The summed E-state index contributed by atoms with van der Waals surface area (Å²) in [6.45, 7) is 1.84. The molecule has 0 radical (unpaired) electrons. The summed E-state index contributed by atoms with van der Waals surface area (Å²) >= 11 is 2.37. The van der Waals surface area contributed by atoms with E-state index in [2.05, 4.69) is 22.5 Å². The van der Waals surface area contributed by atoms with Gasteiger partial charge in [0.25, 0.3) is 5.91 Å². The summed E-state index contributed by atoms with van der Waals surface area (Å²) in [7, 11) is 0. The van der Waals surface area contributed by atoms with Crippen molar-refractivity contribution in [3.63, 3.8) is 0 Å². The van der Waals surface area contributed by atoms with Crippen molar-refractivity contribution in [2.24, 2.45) is 0 Å². The number of thiazole rings is 1. The first kappa shape index (κ1) is 18.9. The van der Waals surface area contributed by atoms with Crippen molar-refractivity contribution in [2.45, 2.75) is 32.6 Å². The molecule has 8 nitrogen and oxygen atoms in total. The van der Waals surface area contributed by atoms with E-state index in [4.69, 9.17) is 4.98 Å². The summed E-state index contributed by atoms with van der Waals surface area (Å²) in [6.07, 6.45) is 4.63. The predicted octanol–water partition coefficient (Wildman–Crippen LogP) is 4.89. The molecular weight excluding hydrogens is 422 g/mol. The average Bonchev–Trinajstić information content (AvgIpc) is 3.43. The maximum Gasteiger partial charge on any atom is 0.324 e. The van der Waals surface area contributed by atoms with Gasteiger partial charge >= 0.3 is 5.00 Å². The molecule has 3 aromatic heterocycles. The van der Waals surface area contributed by atoms with E-state index < -0.39 is 10.8 Å². The number of anilines is 1. The Morgan fingerprint density at radius 1 is 1.17 bits per heavy atom. The van der Waals surface area contributed by atoms with E-state index in [1.165, 1.54) is 47.4 Å². The fraction of sp³-hybridized carbons (Fsp3) is 0.250. The van der Waals surface area contributed by atoms with Gasteiger partial charge in [-0.2, -0.15) is 9.78 Å². The highest BCUT2D eigenvalue weighted by Crippen LogP contribution is 2.32. The molecule has 3 heterocycles. The zero-order valence-corrected chi connectivity index (χ0v) is 17.7. The first-order valence-corrected chi connectivity index (χ1v) is 11.2. The second-order valence-electron chi connectivity index (χ2n) is 7.22. The third-order valence-electron chi connectivity index (χ3n) is 5.09. The second-order valence-corrected chi connectivity index (χ2v) is 9.30. The van der Waals surface area contributed by atoms with Crippen molar-refractivity contribution in [2.75, 3.05) is 5.32 Å². The molecule has 0 bridgehead atoms. The molecule has 5 rings (SSSR count). The van der Waals surface area contributed by atoms with Gasteiger partial charge in [-0.25, -0.2) is 4.98 Å². The largest absolute Gasteiger partial charge is 0.324 e. The van der Waals surface area contributed by atoms with Crippen molar-refractivity contribution >= 4 is 49.6 Å². The van der Waals surface area contributed by atoms with Crippen LogP contribution in [0.25, 0.3) is 15.3 Å². The van der Waals surface area contributed by atoms with Crippen LogP contribution >= 0.6 is 22.7 Å². The van der Waals surface area contributed by atoms with Crippen molar-refractivity contribution in [3.05, 3.63) is 62.1 Å². The van der Waals surface area contributed by atoms with E-state index in [-0.39, 0.29) is 9.88 Å². The number of fused-ring (bicyclic) bond motifs is 2. The SMILES string of the molecule is Cc1cc(NC(=O)c2ccc([N+](=O)[O-])s2)n(-c2nc3cc4c(cc3s2)CCCC4)n1. The van der Waals surface area contributed by atoms with Crippen LogP contribution in [0.3, 0.4) is 0 Å². The maximum absolute atomic E-state index is 12.6. The summed E-state index contributed by atoms with van der Waals surface area (Å²) in [5.41, 5.74) is 4.44. The van der Waals surface area contributed by atoms with Crippen molar-refractivity contribution in [3.8, 4) is 5.13 Å². The molecule has 30 heavy (non-hydrogen) atoms. The molecular formula is C20H17N5O3S2. The molecule has 10 heteroatoms. The molecule has 1 aliphatic rings. The molecule has 0 aliphatic heterocycles. The summed E-state index contributed by atoms with van der Waals surface area (Å²) in [6, 6.07) is 8.94. The summed E-state index contributed by atoms with van der Waals surface area (Å²) in [5, 5.41) is 18.8. The number of carbonyl (C=O) groups is 1. The highest BCUT2D eigenvalue weighted by Gasteiger charge is 2.20. The van der Waals surface area contributed by atoms with Gasteiger partial charge in [-0.15, -0.1) is 0 Å². The number of aromatic nitrogens is 3. The molecule has 152 valence electrons. The second kappa shape index (κ2) is 7.29. The Balaban J connectivity index is 1.48. The first-order valence-electron chi connectivity index (χ1n) is 9.53. The summed E-state index contributed by atoms with van der Waals surface area (Å²) < 4.78 is 2.73. The molecule has 0 saturated carbocycles. The van der Waals surface area contributed by atoms with Crippen LogP contribution in [0.2, 0.25) is 0 Å². The highest BCUT2D eigenvalue weighted by molar-refractivity contribution is 7.20. The van der Waals surface area contributed by atoms with Gasteiger partial charge in [-0.3, -0.25) is 14.9 Å². The Hall–Kier alpha value is -3.11. The minimum absolute atomic E-state index is 0.0695. The van der Waals surface area contributed by atoms with Crippen LogP contribution in [-0.4, -0.2) is 25.6 Å². The van der Waals surface area contributed by atoms with Crippen molar-refractivity contribution in [1.29, 1.82) is 0 Å². The van der Waals surface area contributed by atoms with Gasteiger partial charge in [0.05, 0.1) is 25.7 Å². The quantitative estimate of drug-likeness (QED) is 0.360. The first-order chi connectivity index (χ1) is 14.5. The number of aryl methyl sites for hydroxylation is 3. The number of nitro groups is 1. The summed E-state index contributed by atoms with van der Waals surface area (Å²) in [5.74, 6) is 0.0724. The number of benzene rings is 1. The highest BCUT2D eigenvalue weighted by atomic mass is 32.1. The maximum atomic E-state index is 12.6. The van der Waals surface area contributed by atoms with Crippen LogP contribution in [0.15, 0.2) is 30.3 Å². The van der Waals surface area contributed by atoms with Crippen LogP contribution in [0.1, 0.15) is 39.3 Å². The summed E-state index contributed by atoms with van der Waals surface area (Å²) in [4.78, 5) is 28.0. The van der Waals surface area contributed by atoms with Crippen molar-refractivity contribution in [1.82, 2.24) is 14.8 Å². The number of nitrogens with one attached hydrogen (secondary N) is 1. The lowest BCUT2D eigenvalue weighted by Gasteiger charge is -2.14. The van der Waals surface area contributed by atoms with Gasteiger partial charge in [-0.1, -0.05) is 22.7 Å². The van der Waals surface area contributed by atoms with E-state index in [9.17, 15) is 14.9 Å². The van der Waals surface area contributed by atoms with Gasteiger partial charge in [-0.05, 0) is 61.9 Å². The number of thiophene rings is 1. The normalized spacial score (nSPS) is 13.4. The zero-order valence-electron chi connectivity index (χ0n) is 16.0. The van der Waals surface area contributed by atoms with Gasteiger partial charge in [0.1, 0.15) is 5.82 Å². The van der Waals surface area contributed by atoms with E-state index in [0.717, 1.165) is 40.1 Å². The monoisotopic (exact) mass is 439 g/mol. The van der Waals surface area contributed by atoms with Crippen LogP contribution in [0.4, 0.5) is 10.8 Å². The van der Waals surface area contributed by atoms with Crippen molar-refractivity contribution < 1.29 is 9.72 Å². The van der Waals surface area contributed by atoms with E-state index in [1.807, 2.05) is 6.92 Å². The smallest absolute Gasteiger partial charge is 0.306 e. The topological polar surface area (TPSA) is 103 Å². The molecule has 0 atom stereocenters. The fourth-order valence-corrected chi connectivity index (χ4v) is 5.39. The van der Waals surface area contributed by atoms with E-state index in [0.29, 0.717) is 10.9 Å². The molecule has 1 aliphatic carbocycles. The molecule has 0 fully saturated rings.